The maximum absolute atomic E-state index is 10.2. The van der Waals surface area contributed by atoms with Gasteiger partial charge in [-0.05, 0) is 41.8 Å². The highest BCUT2D eigenvalue weighted by molar-refractivity contribution is 6.31. The van der Waals surface area contributed by atoms with E-state index in [4.69, 9.17) is 16.3 Å². The largest absolute Gasteiger partial charge is 0.497 e. The quantitative estimate of drug-likeness (QED) is 0.917. The molecule has 0 heterocycles. The van der Waals surface area contributed by atoms with E-state index in [0.29, 0.717) is 11.4 Å². The molecule has 3 heteroatoms. The van der Waals surface area contributed by atoms with Crippen molar-refractivity contribution in [3.63, 3.8) is 0 Å². The summed E-state index contributed by atoms with van der Waals surface area (Å²) in [5.41, 5.74) is 2.93. The van der Waals surface area contributed by atoms with Crippen molar-refractivity contribution in [3.05, 3.63) is 64.2 Å². The van der Waals surface area contributed by atoms with Gasteiger partial charge in [-0.2, -0.15) is 0 Å². The van der Waals surface area contributed by atoms with Gasteiger partial charge in [0.15, 0.2) is 0 Å². The van der Waals surface area contributed by atoms with Crippen LogP contribution in [-0.2, 0) is 6.42 Å². The summed E-state index contributed by atoms with van der Waals surface area (Å²) < 4.78 is 5.10. The fourth-order valence-electron chi connectivity index (χ4n) is 1.97. The summed E-state index contributed by atoms with van der Waals surface area (Å²) in [6.45, 7) is 2.00. The van der Waals surface area contributed by atoms with E-state index in [0.717, 1.165) is 22.4 Å². The first kappa shape index (κ1) is 13.9. The Balaban J connectivity index is 2.13. The topological polar surface area (TPSA) is 29.5 Å². The van der Waals surface area contributed by atoms with E-state index < -0.39 is 6.10 Å². The summed E-state index contributed by atoms with van der Waals surface area (Å²) in [5.74, 6) is 0.782. The summed E-state index contributed by atoms with van der Waals surface area (Å²) in [6.07, 6.45) is -0.0584. The smallest absolute Gasteiger partial charge is 0.118 e. The Hall–Kier alpha value is -1.51. The molecule has 0 amide bonds. The van der Waals surface area contributed by atoms with Crippen molar-refractivity contribution in [2.75, 3.05) is 7.11 Å². The third-order valence-corrected chi connectivity index (χ3v) is 3.47. The number of benzene rings is 2. The average molecular weight is 277 g/mol. The molecular weight excluding hydrogens is 260 g/mol. The van der Waals surface area contributed by atoms with Crippen LogP contribution in [0.3, 0.4) is 0 Å². The van der Waals surface area contributed by atoms with Crippen molar-refractivity contribution in [1.29, 1.82) is 0 Å². The van der Waals surface area contributed by atoms with Crippen LogP contribution in [0.25, 0.3) is 0 Å². The van der Waals surface area contributed by atoms with Crippen LogP contribution in [-0.4, -0.2) is 12.2 Å². The van der Waals surface area contributed by atoms with Crippen LogP contribution < -0.4 is 4.74 Å². The molecular formula is C16H17ClO2. The predicted octanol–water partition coefficient (Wildman–Crippen LogP) is 3.93. The third-order valence-electron chi connectivity index (χ3n) is 3.12. The maximum Gasteiger partial charge on any atom is 0.118 e. The minimum absolute atomic E-state index is 0.505. The fourth-order valence-corrected chi connectivity index (χ4v) is 2.28. The van der Waals surface area contributed by atoms with Gasteiger partial charge in [0, 0.05) is 11.4 Å². The molecule has 2 aromatic carbocycles. The highest BCUT2D eigenvalue weighted by Crippen LogP contribution is 2.25. The van der Waals surface area contributed by atoms with Gasteiger partial charge in [-0.15, -0.1) is 0 Å². The molecule has 0 radical (unpaired) electrons. The monoisotopic (exact) mass is 276 g/mol. The molecule has 2 nitrogen and oxygen atoms in total. The SMILES string of the molecule is COc1ccc(C(O)Cc2ccc(C)cc2Cl)cc1. The van der Waals surface area contributed by atoms with Gasteiger partial charge in [0.2, 0.25) is 0 Å². The van der Waals surface area contributed by atoms with Crippen molar-refractivity contribution in [2.45, 2.75) is 19.4 Å². The zero-order valence-electron chi connectivity index (χ0n) is 11.1. The number of ether oxygens (including phenoxy) is 1. The lowest BCUT2D eigenvalue weighted by molar-refractivity contribution is 0.178. The lowest BCUT2D eigenvalue weighted by Crippen LogP contribution is -2.02. The minimum Gasteiger partial charge on any atom is -0.497 e. The number of rotatable bonds is 4. The van der Waals surface area contributed by atoms with E-state index in [-0.39, 0.29) is 0 Å². The fraction of sp³-hybridized carbons (Fsp3) is 0.250. The molecule has 0 aliphatic rings. The van der Waals surface area contributed by atoms with E-state index in [9.17, 15) is 5.11 Å². The number of hydrogen-bond donors (Lipinski definition) is 1. The van der Waals surface area contributed by atoms with Crippen LogP contribution in [0, 0.1) is 6.92 Å². The van der Waals surface area contributed by atoms with Gasteiger partial charge in [0.05, 0.1) is 13.2 Å². The number of aliphatic hydroxyl groups is 1. The summed E-state index contributed by atoms with van der Waals surface area (Å²) in [5, 5.41) is 10.9. The molecule has 0 aromatic heterocycles. The molecule has 2 aromatic rings. The van der Waals surface area contributed by atoms with Crippen LogP contribution in [0.4, 0.5) is 0 Å². The standard InChI is InChI=1S/C16H17ClO2/c1-11-3-4-13(15(17)9-11)10-16(18)12-5-7-14(19-2)8-6-12/h3-9,16,18H,10H2,1-2H3. The molecule has 0 spiro atoms. The zero-order valence-corrected chi connectivity index (χ0v) is 11.8. The predicted molar refractivity (Wildman–Crippen MR) is 77.8 cm³/mol. The molecule has 0 aliphatic carbocycles. The van der Waals surface area contributed by atoms with Gasteiger partial charge in [-0.3, -0.25) is 0 Å². The Labute approximate surface area is 118 Å². The lowest BCUT2D eigenvalue weighted by atomic mass is 10.0. The number of aliphatic hydroxyl groups excluding tert-OH is 1. The molecule has 1 N–H and O–H groups in total. The van der Waals surface area contributed by atoms with E-state index in [1.165, 1.54) is 0 Å². The molecule has 19 heavy (non-hydrogen) atoms. The Morgan fingerprint density at radius 2 is 1.84 bits per heavy atom. The highest BCUT2D eigenvalue weighted by atomic mass is 35.5. The van der Waals surface area contributed by atoms with Crippen molar-refractivity contribution in [1.82, 2.24) is 0 Å². The Bertz CT molecular complexity index is 549. The van der Waals surface area contributed by atoms with Crippen molar-refractivity contribution < 1.29 is 9.84 Å². The summed E-state index contributed by atoms with van der Waals surface area (Å²) >= 11 is 6.18. The van der Waals surface area contributed by atoms with E-state index in [1.54, 1.807) is 7.11 Å². The summed E-state index contributed by atoms with van der Waals surface area (Å²) in [7, 11) is 1.62. The van der Waals surface area contributed by atoms with E-state index >= 15 is 0 Å². The van der Waals surface area contributed by atoms with E-state index in [1.807, 2.05) is 49.4 Å². The third kappa shape index (κ3) is 3.49. The van der Waals surface area contributed by atoms with Crippen LogP contribution >= 0.6 is 11.6 Å². The van der Waals surface area contributed by atoms with Gasteiger partial charge in [-0.25, -0.2) is 0 Å². The number of halogens is 1. The number of aryl methyl sites for hydroxylation is 1. The van der Waals surface area contributed by atoms with Gasteiger partial charge < -0.3 is 9.84 Å². The van der Waals surface area contributed by atoms with Crippen molar-refractivity contribution in [2.24, 2.45) is 0 Å². The molecule has 0 saturated heterocycles. The lowest BCUT2D eigenvalue weighted by Gasteiger charge is -2.13. The van der Waals surface area contributed by atoms with E-state index in [2.05, 4.69) is 0 Å². The zero-order chi connectivity index (χ0) is 13.8. The van der Waals surface area contributed by atoms with Gasteiger partial charge >= 0.3 is 0 Å². The molecule has 1 atom stereocenters. The number of methoxy groups -OCH3 is 1. The first-order chi connectivity index (χ1) is 9.10. The first-order valence-corrected chi connectivity index (χ1v) is 6.55. The van der Waals surface area contributed by atoms with Crippen molar-refractivity contribution >= 4 is 11.6 Å². The molecule has 100 valence electrons. The van der Waals surface area contributed by atoms with Gasteiger partial charge in [0.25, 0.3) is 0 Å². The van der Waals surface area contributed by atoms with Gasteiger partial charge in [0.1, 0.15) is 5.75 Å². The van der Waals surface area contributed by atoms with Gasteiger partial charge in [-0.1, -0.05) is 35.9 Å². The van der Waals surface area contributed by atoms with Crippen LogP contribution in [0.15, 0.2) is 42.5 Å². The Morgan fingerprint density at radius 3 is 2.42 bits per heavy atom. The van der Waals surface area contributed by atoms with Crippen LogP contribution in [0.2, 0.25) is 5.02 Å². The molecule has 0 bridgehead atoms. The second-order valence-electron chi connectivity index (χ2n) is 4.59. The van der Waals surface area contributed by atoms with Crippen molar-refractivity contribution in [3.8, 4) is 5.75 Å². The molecule has 0 saturated carbocycles. The molecule has 1 unspecified atom stereocenters. The maximum atomic E-state index is 10.2. The Kier molecular flexibility index (Phi) is 4.46. The first-order valence-electron chi connectivity index (χ1n) is 6.17. The average Bonchev–Trinajstić information content (AvgIpc) is 2.42. The van der Waals surface area contributed by atoms with Crippen LogP contribution in [0.1, 0.15) is 22.8 Å². The molecule has 0 fully saturated rings. The normalized spacial score (nSPS) is 12.2. The summed E-state index contributed by atoms with van der Waals surface area (Å²) in [6, 6.07) is 13.3. The Morgan fingerprint density at radius 1 is 1.16 bits per heavy atom. The second kappa shape index (κ2) is 6.09. The number of hydrogen-bond acceptors (Lipinski definition) is 2. The second-order valence-corrected chi connectivity index (χ2v) is 5.00. The molecule has 2 rings (SSSR count). The molecule has 0 aliphatic heterocycles. The summed E-state index contributed by atoms with van der Waals surface area (Å²) in [4.78, 5) is 0. The van der Waals surface area contributed by atoms with Crippen LogP contribution in [0.5, 0.6) is 5.75 Å². The highest BCUT2D eigenvalue weighted by Gasteiger charge is 2.11. The minimum atomic E-state index is -0.564.